The summed E-state index contributed by atoms with van der Waals surface area (Å²) in [6.45, 7) is 5.11. The summed E-state index contributed by atoms with van der Waals surface area (Å²) in [6.07, 6.45) is 0. The van der Waals surface area contributed by atoms with E-state index in [2.05, 4.69) is 29.1 Å². The fraction of sp³-hybridized carbons (Fsp3) is 0.286. The predicted molar refractivity (Wildman–Crippen MR) is 84.4 cm³/mol. The molecule has 0 spiro atoms. The van der Waals surface area contributed by atoms with E-state index in [1.807, 2.05) is 22.9 Å². The Balaban J connectivity index is 2.14. The van der Waals surface area contributed by atoms with Crippen LogP contribution in [0.3, 0.4) is 0 Å². The molecule has 4 nitrogen and oxygen atoms in total. The summed E-state index contributed by atoms with van der Waals surface area (Å²) in [6, 6.07) is 4.20. The lowest BCUT2D eigenvalue weighted by molar-refractivity contribution is -0.691. The molecule has 1 atom stereocenters. The molecule has 0 radical (unpaired) electrons. The zero-order valence-corrected chi connectivity index (χ0v) is 13.0. The summed E-state index contributed by atoms with van der Waals surface area (Å²) in [7, 11) is 0. The summed E-state index contributed by atoms with van der Waals surface area (Å²) >= 11 is 3.18. The van der Waals surface area contributed by atoms with Crippen molar-refractivity contribution in [3.63, 3.8) is 0 Å². The zero-order valence-electron chi connectivity index (χ0n) is 11.3. The first-order valence-corrected chi connectivity index (χ1v) is 8.35. The van der Waals surface area contributed by atoms with E-state index in [0.717, 1.165) is 27.6 Å². The number of hydrogen-bond acceptors (Lipinski definition) is 4. The number of fused-ring (bicyclic) bond motifs is 1. The fourth-order valence-electron chi connectivity index (χ4n) is 2.26. The lowest BCUT2D eigenvalue weighted by Gasteiger charge is -2.08. The molecule has 3 rings (SSSR count). The van der Waals surface area contributed by atoms with E-state index in [-0.39, 0.29) is 11.6 Å². The smallest absolute Gasteiger partial charge is 0.260 e. The van der Waals surface area contributed by atoms with Gasteiger partial charge < -0.3 is 10.3 Å². The minimum atomic E-state index is -0.0361. The number of nitrogens with zero attached hydrogens (tertiary/aromatic N) is 1. The third kappa shape index (κ3) is 2.30. The first-order valence-electron chi connectivity index (χ1n) is 6.59. The highest BCUT2D eigenvalue weighted by Gasteiger charge is 2.17. The first-order chi connectivity index (χ1) is 9.70. The fourth-order valence-corrected chi connectivity index (χ4v) is 4.03. The van der Waals surface area contributed by atoms with Crippen molar-refractivity contribution < 1.29 is 5.32 Å². The van der Waals surface area contributed by atoms with Gasteiger partial charge in [0.05, 0.1) is 11.9 Å². The van der Waals surface area contributed by atoms with Crippen molar-refractivity contribution in [3.8, 4) is 10.4 Å². The van der Waals surface area contributed by atoms with Crippen LogP contribution in [0.1, 0.15) is 25.7 Å². The molecule has 104 valence electrons. The third-order valence-corrected chi connectivity index (χ3v) is 5.04. The van der Waals surface area contributed by atoms with Gasteiger partial charge in [0.25, 0.3) is 5.56 Å². The van der Waals surface area contributed by atoms with Gasteiger partial charge in [-0.05, 0) is 25.3 Å². The molecule has 3 N–H and O–H groups in total. The van der Waals surface area contributed by atoms with Crippen molar-refractivity contribution in [3.05, 3.63) is 39.1 Å². The van der Waals surface area contributed by atoms with Gasteiger partial charge in [-0.15, -0.1) is 22.7 Å². The number of nitrogens with one attached hydrogen (secondary N) is 1. The van der Waals surface area contributed by atoms with Crippen molar-refractivity contribution in [1.29, 1.82) is 0 Å². The maximum atomic E-state index is 12.4. The molecule has 0 bridgehead atoms. The highest BCUT2D eigenvalue weighted by molar-refractivity contribution is 7.18. The highest BCUT2D eigenvalue weighted by atomic mass is 32.1. The van der Waals surface area contributed by atoms with Crippen molar-refractivity contribution >= 4 is 32.9 Å². The number of nitrogens with two attached hydrogens (primary N) is 1. The molecule has 3 heterocycles. The number of quaternary nitrogens is 1. The van der Waals surface area contributed by atoms with E-state index >= 15 is 0 Å². The summed E-state index contributed by atoms with van der Waals surface area (Å²) in [4.78, 5) is 21.9. The molecule has 3 aromatic rings. The van der Waals surface area contributed by atoms with Crippen molar-refractivity contribution in [1.82, 2.24) is 9.97 Å². The number of thiophene rings is 2. The second-order valence-electron chi connectivity index (χ2n) is 4.69. The van der Waals surface area contributed by atoms with E-state index in [0.29, 0.717) is 5.39 Å². The van der Waals surface area contributed by atoms with Crippen LogP contribution in [0.15, 0.2) is 27.7 Å². The van der Waals surface area contributed by atoms with Gasteiger partial charge in [-0.25, -0.2) is 4.98 Å². The van der Waals surface area contributed by atoms with Crippen molar-refractivity contribution in [2.24, 2.45) is 0 Å². The average Bonchev–Trinajstić information content (AvgIpc) is 3.07. The Bertz CT molecular complexity index is 773. The average molecular weight is 306 g/mol. The van der Waals surface area contributed by atoms with E-state index in [9.17, 15) is 4.79 Å². The van der Waals surface area contributed by atoms with Crippen LogP contribution in [0.5, 0.6) is 0 Å². The molecule has 0 fully saturated rings. The van der Waals surface area contributed by atoms with Gasteiger partial charge in [0.15, 0.2) is 5.82 Å². The maximum absolute atomic E-state index is 12.4. The molecule has 0 amide bonds. The first kappa shape index (κ1) is 13.5. The van der Waals surface area contributed by atoms with Crippen LogP contribution in [-0.4, -0.2) is 16.5 Å². The Hall–Kier alpha value is -1.50. The molecule has 0 aliphatic carbocycles. The van der Waals surface area contributed by atoms with Crippen LogP contribution < -0.4 is 10.9 Å². The van der Waals surface area contributed by atoms with E-state index in [1.54, 1.807) is 11.3 Å². The second-order valence-corrected chi connectivity index (χ2v) is 6.50. The molecule has 0 saturated heterocycles. The van der Waals surface area contributed by atoms with Crippen LogP contribution in [-0.2, 0) is 0 Å². The summed E-state index contributed by atoms with van der Waals surface area (Å²) in [5, 5.41) is 6.91. The predicted octanol–water partition coefficient (Wildman–Crippen LogP) is 2.36. The number of hydrogen-bond donors (Lipinski definition) is 2. The second kappa shape index (κ2) is 5.47. The Morgan fingerprint density at radius 1 is 1.45 bits per heavy atom. The van der Waals surface area contributed by atoms with E-state index < -0.39 is 0 Å². The number of H-pyrrole nitrogens is 1. The Kier molecular flexibility index (Phi) is 3.69. The number of aromatic amines is 1. The normalized spacial score (nSPS) is 12.9. The van der Waals surface area contributed by atoms with Gasteiger partial charge in [-0.2, -0.15) is 0 Å². The third-order valence-electron chi connectivity index (χ3n) is 3.27. The van der Waals surface area contributed by atoms with Crippen LogP contribution >= 0.6 is 22.7 Å². The van der Waals surface area contributed by atoms with Crippen molar-refractivity contribution in [2.75, 3.05) is 6.54 Å². The summed E-state index contributed by atoms with van der Waals surface area (Å²) < 4.78 is 0. The van der Waals surface area contributed by atoms with Gasteiger partial charge in [0.2, 0.25) is 0 Å². The van der Waals surface area contributed by atoms with E-state index in [1.165, 1.54) is 11.3 Å². The van der Waals surface area contributed by atoms with Gasteiger partial charge in [-0.3, -0.25) is 4.79 Å². The molecule has 3 aromatic heterocycles. The van der Waals surface area contributed by atoms with Gasteiger partial charge in [0, 0.05) is 15.8 Å². The Labute approximate surface area is 124 Å². The lowest BCUT2D eigenvalue weighted by atomic mass is 10.2. The molecule has 20 heavy (non-hydrogen) atoms. The molecule has 0 aliphatic rings. The molecular formula is C14H16N3OS2+. The summed E-state index contributed by atoms with van der Waals surface area (Å²) in [5.74, 6) is 0.754. The Morgan fingerprint density at radius 3 is 3.00 bits per heavy atom. The Morgan fingerprint density at radius 2 is 2.30 bits per heavy atom. The quantitative estimate of drug-likeness (QED) is 0.777. The van der Waals surface area contributed by atoms with Crippen LogP contribution in [0.2, 0.25) is 0 Å². The standard InChI is InChI=1S/C14H15N3OS2/c1-3-15-8(2)12-16-13(18)11-9(7-20-14(11)17-12)10-5-4-6-19-10/h4-8,15H,3H2,1-2H3,(H,16,17,18)/p+1/t8-/m1/s1. The van der Waals surface area contributed by atoms with Crippen molar-refractivity contribution in [2.45, 2.75) is 19.9 Å². The topological polar surface area (TPSA) is 62.4 Å². The van der Waals surface area contributed by atoms with Gasteiger partial charge in [-0.1, -0.05) is 6.07 Å². The molecule has 0 saturated carbocycles. The minimum absolute atomic E-state index is 0.0361. The molecule has 0 unspecified atom stereocenters. The zero-order chi connectivity index (χ0) is 14.1. The number of aromatic nitrogens is 2. The monoisotopic (exact) mass is 306 g/mol. The largest absolute Gasteiger partial charge is 0.338 e. The SMILES string of the molecule is CC[NH2+][C@H](C)c1nc2scc(-c3cccs3)c2c(=O)[nH]1. The highest BCUT2D eigenvalue weighted by Crippen LogP contribution is 2.33. The molecular weight excluding hydrogens is 290 g/mol. The van der Waals surface area contributed by atoms with Gasteiger partial charge >= 0.3 is 0 Å². The molecule has 0 aromatic carbocycles. The van der Waals surface area contributed by atoms with Crippen LogP contribution in [0.25, 0.3) is 20.7 Å². The van der Waals surface area contributed by atoms with E-state index in [4.69, 9.17) is 0 Å². The lowest BCUT2D eigenvalue weighted by Crippen LogP contribution is -2.84. The van der Waals surface area contributed by atoms with Gasteiger partial charge in [0.1, 0.15) is 10.9 Å². The summed E-state index contributed by atoms with van der Waals surface area (Å²) in [5.41, 5.74) is 0.957. The minimum Gasteiger partial charge on any atom is -0.338 e. The molecule has 6 heteroatoms. The maximum Gasteiger partial charge on any atom is 0.260 e. The van der Waals surface area contributed by atoms with Crippen LogP contribution in [0, 0.1) is 0 Å². The van der Waals surface area contributed by atoms with Crippen LogP contribution in [0.4, 0.5) is 0 Å². The number of rotatable bonds is 4. The molecule has 0 aliphatic heterocycles.